The number of nitrogens with zero attached hydrogens (tertiary/aromatic N) is 1. The van der Waals surface area contributed by atoms with E-state index in [0.717, 1.165) is 82.1 Å². The fourth-order valence-corrected chi connectivity index (χ4v) is 7.78. The number of hydrogen-bond acceptors (Lipinski definition) is 11. The number of likely N-dealkylation sites (N-methyl/N-ethyl adjacent to an activating group) is 1. The zero-order chi connectivity index (χ0) is 43.1. The predicted molar refractivity (Wildman–Crippen MR) is 225 cm³/mol. The molecule has 1 heterocycles. The molecule has 1 aliphatic rings. The van der Waals surface area contributed by atoms with Crippen molar-refractivity contribution in [2.24, 2.45) is 11.8 Å². The standard InChI is InChI=1S/C44H76NO12P/c1-8-10-15-21-35(46)26-27-38-37(39(47)30-40(38)48)22-18-19-25-44(50)56-36(32-55-58(51,52)54-29-28-45(5,6)7)31-53-43(49)24-17-14-12-11-13-16-23-42-34(4)33(3)41(57-42)20-9-2/h18-19,26-27,35-40,46-48H,8-17,20-25,28-32H2,1-7H3/p+1/b19-18-,27-26+/t35-,36-,37+,38-,39+,40-/m1/s1. The number of aliphatic hydroxyl groups is 3. The predicted octanol–water partition coefficient (Wildman–Crippen LogP) is 7.61. The molecule has 1 fully saturated rings. The quantitative estimate of drug-likeness (QED) is 0.0189. The Labute approximate surface area is 348 Å². The fraction of sp³-hybridized carbons (Fsp3) is 0.773. The molecule has 0 amide bonds. The third-order valence-electron chi connectivity index (χ3n) is 10.8. The van der Waals surface area contributed by atoms with E-state index in [1.165, 1.54) is 11.1 Å². The van der Waals surface area contributed by atoms with E-state index in [4.69, 9.17) is 22.9 Å². The third-order valence-corrected chi connectivity index (χ3v) is 11.7. The lowest BCUT2D eigenvalue weighted by Gasteiger charge is -2.24. The molecule has 1 aromatic heterocycles. The van der Waals surface area contributed by atoms with Crippen LogP contribution in [0.4, 0.5) is 0 Å². The first kappa shape index (κ1) is 51.8. The van der Waals surface area contributed by atoms with E-state index in [9.17, 15) is 34.4 Å². The highest BCUT2D eigenvalue weighted by atomic mass is 31.2. The molecule has 0 aliphatic heterocycles. The van der Waals surface area contributed by atoms with Crippen LogP contribution in [0.2, 0.25) is 0 Å². The van der Waals surface area contributed by atoms with Crippen molar-refractivity contribution < 1.29 is 61.8 Å². The van der Waals surface area contributed by atoms with Crippen LogP contribution in [-0.4, -0.2) is 109 Å². The zero-order valence-electron chi connectivity index (χ0n) is 36.6. The number of esters is 2. The summed E-state index contributed by atoms with van der Waals surface area (Å²) in [5.41, 5.74) is 2.54. The molecule has 14 heteroatoms. The Bertz CT molecular complexity index is 1440. The van der Waals surface area contributed by atoms with E-state index in [0.29, 0.717) is 30.3 Å². The van der Waals surface area contributed by atoms with Crippen LogP contribution in [-0.2, 0) is 45.5 Å². The number of rotatable bonds is 31. The number of aliphatic hydroxyl groups excluding tert-OH is 3. The van der Waals surface area contributed by atoms with Crippen LogP contribution in [0.3, 0.4) is 0 Å². The average Bonchev–Trinajstić information content (AvgIpc) is 3.58. The second kappa shape index (κ2) is 27.5. The minimum absolute atomic E-state index is 0.0341. The van der Waals surface area contributed by atoms with Crippen LogP contribution in [0, 0.1) is 25.7 Å². The molecule has 1 aromatic rings. The maximum Gasteiger partial charge on any atom is 0.472 e. The highest BCUT2D eigenvalue weighted by Crippen LogP contribution is 2.43. The molecule has 58 heavy (non-hydrogen) atoms. The summed E-state index contributed by atoms with van der Waals surface area (Å²) in [6.45, 7) is 8.06. The van der Waals surface area contributed by atoms with Gasteiger partial charge >= 0.3 is 19.8 Å². The largest absolute Gasteiger partial charge is 0.472 e. The van der Waals surface area contributed by atoms with Crippen molar-refractivity contribution in [3.05, 3.63) is 47.0 Å². The number of unbranched alkanes of at least 4 members (excludes halogenated alkanes) is 7. The maximum absolute atomic E-state index is 12.9. The molecule has 0 radical (unpaired) electrons. The highest BCUT2D eigenvalue weighted by molar-refractivity contribution is 7.47. The molecule has 7 atom stereocenters. The van der Waals surface area contributed by atoms with Gasteiger partial charge in [-0.25, -0.2) is 4.57 Å². The Hall–Kier alpha value is -2.35. The molecular formula is C44H77NO12P+. The number of carbonyl (C=O) groups excluding carboxylic acids is 2. The number of phosphoric ester groups is 1. The Balaban J connectivity index is 1.84. The Morgan fingerprint density at radius 3 is 2.21 bits per heavy atom. The van der Waals surface area contributed by atoms with Crippen molar-refractivity contribution in [3.8, 4) is 0 Å². The van der Waals surface area contributed by atoms with E-state index in [-0.39, 0.29) is 44.3 Å². The van der Waals surface area contributed by atoms with Crippen molar-refractivity contribution in [2.45, 2.75) is 161 Å². The first-order valence-electron chi connectivity index (χ1n) is 21.7. The summed E-state index contributed by atoms with van der Waals surface area (Å²) < 4.78 is 40.3. The summed E-state index contributed by atoms with van der Waals surface area (Å²) in [5.74, 6) is 0.433. The molecule has 0 bridgehead atoms. The van der Waals surface area contributed by atoms with Gasteiger partial charge in [-0.3, -0.25) is 18.6 Å². The average molecular weight is 843 g/mol. The van der Waals surface area contributed by atoms with Gasteiger partial charge in [0.1, 0.15) is 31.3 Å². The van der Waals surface area contributed by atoms with Crippen molar-refractivity contribution in [3.63, 3.8) is 0 Å². The first-order chi connectivity index (χ1) is 27.5. The fourth-order valence-electron chi connectivity index (χ4n) is 7.03. The minimum Gasteiger partial charge on any atom is -0.466 e. The number of carbonyl (C=O) groups is 2. The van der Waals surface area contributed by atoms with Gasteiger partial charge in [-0.05, 0) is 63.0 Å². The van der Waals surface area contributed by atoms with Crippen molar-refractivity contribution in [1.82, 2.24) is 0 Å². The van der Waals surface area contributed by atoms with Gasteiger partial charge in [-0.2, -0.15) is 0 Å². The second-order valence-electron chi connectivity index (χ2n) is 16.9. The SMILES string of the molecule is CCCCC[C@@H](O)/C=C/[C@@H]1[C@H](C/C=C\CC(=O)O[C@H](COC(=O)CCCCCCCCc2oc(CCC)c(C)c2C)COP(=O)(O)OCC[N+](C)(C)C)[C@@H](O)C[C@H]1O. The van der Waals surface area contributed by atoms with Crippen molar-refractivity contribution in [1.29, 1.82) is 0 Å². The van der Waals surface area contributed by atoms with Gasteiger partial charge in [0.2, 0.25) is 0 Å². The van der Waals surface area contributed by atoms with Crippen LogP contribution in [0.5, 0.6) is 0 Å². The van der Waals surface area contributed by atoms with Crippen LogP contribution in [0.1, 0.15) is 133 Å². The van der Waals surface area contributed by atoms with Crippen LogP contribution in [0.15, 0.2) is 28.7 Å². The lowest BCUT2D eigenvalue weighted by atomic mass is 9.89. The number of allylic oxidation sites excluding steroid dienone is 1. The lowest BCUT2D eigenvalue weighted by Crippen LogP contribution is -2.37. The summed E-state index contributed by atoms with van der Waals surface area (Å²) in [5, 5.41) is 31.5. The van der Waals surface area contributed by atoms with Gasteiger partial charge in [-0.1, -0.05) is 83.1 Å². The first-order valence-corrected chi connectivity index (χ1v) is 23.2. The van der Waals surface area contributed by atoms with Crippen molar-refractivity contribution in [2.75, 3.05) is 47.5 Å². The molecule has 334 valence electrons. The topological polar surface area (TPSA) is 182 Å². The number of aryl methyl sites for hydroxylation is 2. The Morgan fingerprint density at radius 2 is 1.53 bits per heavy atom. The summed E-state index contributed by atoms with van der Waals surface area (Å²) in [4.78, 5) is 35.7. The van der Waals surface area contributed by atoms with E-state index >= 15 is 0 Å². The monoisotopic (exact) mass is 843 g/mol. The smallest absolute Gasteiger partial charge is 0.466 e. The Kier molecular flexibility index (Phi) is 24.5. The third kappa shape index (κ3) is 21.3. The van der Waals surface area contributed by atoms with Crippen LogP contribution >= 0.6 is 7.82 Å². The van der Waals surface area contributed by atoms with Gasteiger partial charge < -0.3 is 38.6 Å². The number of quaternary nitrogens is 1. The molecule has 0 spiro atoms. The molecule has 4 N–H and O–H groups in total. The lowest BCUT2D eigenvalue weighted by molar-refractivity contribution is -0.870. The molecule has 0 saturated heterocycles. The molecular weight excluding hydrogens is 765 g/mol. The van der Waals surface area contributed by atoms with E-state index in [2.05, 4.69) is 27.7 Å². The summed E-state index contributed by atoms with van der Waals surface area (Å²) in [7, 11) is 1.25. The van der Waals surface area contributed by atoms with Gasteiger partial charge in [0.25, 0.3) is 0 Å². The van der Waals surface area contributed by atoms with Gasteiger partial charge in [0.15, 0.2) is 6.10 Å². The highest BCUT2D eigenvalue weighted by Gasteiger charge is 2.39. The number of hydrogen-bond donors (Lipinski definition) is 4. The second-order valence-corrected chi connectivity index (χ2v) is 18.4. The zero-order valence-corrected chi connectivity index (χ0v) is 37.5. The summed E-state index contributed by atoms with van der Waals surface area (Å²) in [6, 6.07) is 0. The van der Waals surface area contributed by atoms with Gasteiger partial charge in [0, 0.05) is 31.6 Å². The van der Waals surface area contributed by atoms with Gasteiger partial charge in [0.05, 0.1) is 52.5 Å². The molecule has 1 saturated carbocycles. The molecule has 0 aromatic carbocycles. The van der Waals surface area contributed by atoms with E-state index < -0.39 is 50.8 Å². The number of furan rings is 1. The maximum atomic E-state index is 12.9. The van der Waals surface area contributed by atoms with Crippen LogP contribution < -0.4 is 0 Å². The number of ether oxygens (including phenoxy) is 2. The molecule has 2 rings (SSSR count). The number of phosphoric acid groups is 1. The Morgan fingerprint density at radius 1 is 0.862 bits per heavy atom. The molecule has 1 aliphatic carbocycles. The summed E-state index contributed by atoms with van der Waals surface area (Å²) in [6.07, 6.45) is 16.5. The van der Waals surface area contributed by atoms with E-state index in [1.54, 1.807) is 24.3 Å². The molecule has 13 nitrogen and oxygen atoms in total. The van der Waals surface area contributed by atoms with Gasteiger partial charge in [-0.15, -0.1) is 0 Å². The normalized spacial score (nSPS) is 20.8. The van der Waals surface area contributed by atoms with Crippen molar-refractivity contribution >= 4 is 19.8 Å². The summed E-state index contributed by atoms with van der Waals surface area (Å²) >= 11 is 0. The van der Waals surface area contributed by atoms with E-state index in [1.807, 2.05) is 21.1 Å². The minimum atomic E-state index is -4.48. The van der Waals surface area contributed by atoms with Crippen LogP contribution in [0.25, 0.3) is 0 Å². The molecule has 1 unspecified atom stereocenters.